The Labute approximate surface area is 103 Å². The van der Waals surface area contributed by atoms with Gasteiger partial charge in [-0.05, 0) is 17.5 Å². The number of anilines is 1. The minimum absolute atomic E-state index is 0.0656. The predicted molar refractivity (Wildman–Crippen MR) is 68.7 cm³/mol. The Morgan fingerprint density at radius 1 is 1.53 bits per heavy atom. The highest BCUT2D eigenvalue weighted by Gasteiger charge is 2.22. The molecule has 2 aromatic heterocycles. The summed E-state index contributed by atoms with van der Waals surface area (Å²) in [5.41, 5.74) is 0. The normalized spacial score (nSPS) is 21.0. The van der Waals surface area contributed by atoms with E-state index >= 15 is 0 Å². The minimum atomic E-state index is -0.0977. The largest absolute Gasteiger partial charge is 0.394 e. The number of nitrogens with zero attached hydrogens (tertiary/aromatic N) is 2. The molecule has 0 aromatic carbocycles. The summed E-state index contributed by atoms with van der Waals surface area (Å²) in [5.74, 6) is 1.01. The van der Waals surface area contributed by atoms with Crippen molar-refractivity contribution in [3.63, 3.8) is 0 Å². The number of morpholine rings is 1. The Bertz CT molecular complexity index is 514. The Morgan fingerprint density at radius 2 is 2.47 bits per heavy atom. The highest BCUT2D eigenvalue weighted by molar-refractivity contribution is 7.17. The summed E-state index contributed by atoms with van der Waals surface area (Å²) in [7, 11) is 0. The summed E-state index contributed by atoms with van der Waals surface area (Å²) < 4.78 is 6.71. The predicted octanol–water partition coefficient (Wildman–Crippen LogP) is 1.49. The van der Waals surface area contributed by atoms with Gasteiger partial charge in [-0.1, -0.05) is 0 Å². The highest BCUT2D eigenvalue weighted by Crippen LogP contribution is 2.29. The second kappa shape index (κ2) is 4.60. The van der Waals surface area contributed by atoms with Gasteiger partial charge in [0, 0.05) is 29.4 Å². The first-order valence-corrected chi connectivity index (χ1v) is 6.56. The summed E-state index contributed by atoms with van der Waals surface area (Å²) in [5, 5.41) is 12.4. The van der Waals surface area contributed by atoms with E-state index in [1.165, 1.54) is 10.1 Å². The number of pyridine rings is 1. The number of thiophene rings is 1. The third kappa shape index (κ3) is 2.01. The number of hydrogen-bond donors (Lipinski definition) is 1. The van der Waals surface area contributed by atoms with Crippen LogP contribution in [0.2, 0.25) is 0 Å². The Balaban J connectivity index is 1.94. The maximum atomic E-state index is 9.16. The lowest BCUT2D eigenvalue weighted by Gasteiger charge is -2.33. The molecule has 90 valence electrons. The molecule has 1 fully saturated rings. The molecule has 0 aliphatic carbocycles. The number of rotatable bonds is 2. The van der Waals surface area contributed by atoms with Crippen LogP contribution >= 0.6 is 11.3 Å². The molecule has 3 heterocycles. The monoisotopic (exact) mass is 250 g/mol. The lowest BCUT2D eigenvalue weighted by molar-refractivity contribution is 0.00344. The second-order valence-electron chi connectivity index (χ2n) is 4.09. The van der Waals surface area contributed by atoms with E-state index in [1.807, 2.05) is 12.3 Å². The maximum Gasteiger partial charge on any atom is 0.137 e. The molecule has 3 rings (SSSR count). The van der Waals surface area contributed by atoms with Crippen molar-refractivity contribution >= 4 is 27.2 Å². The van der Waals surface area contributed by atoms with Gasteiger partial charge in [0.2, 0.25) is 0 Å². The molecule has 1 saturated heterocycles. The molecule has 0 saturated carbocycles. The number of aliphatic hydroxyl groups is 1. The topological polar surface area (TPSA) is 45.6 Å². The van der Waals surface area contributed by atoms with Gasteiger partial charge in [-0.2, -0.15) is 0 Å². The molecule has 0 radical (unpaired) electrons. The lowest BCUT2D eigenvalue weighted by atomic mass is 10.2. The highest BCUT2D eigenvalue weighted by atomic mass is 32.1. The number of ether oxygens (including phenoxy) is 1. The number of fused-ring (bicyclic) bond motifs is 1. The van der Waals surface area contributed by atoms with Crippen LogP contribution in [0.15, 0.2) is 23.7 Å². The van der Waals surface area contributed by atoms with Crippen LogP contribution in [0.5, 0.6) is 0 Å². The molecule has 1 aliphatic rings. The van der Waals surface area contributed by atoms with Crippen molar-refractivity contribution in [2.75, 3.05) is 31.2 Å². The van der Waals surface area contributed by atoms with Crippen LogP contribution in [0.25, 0.3) is 10.1 Å². The smallest absolute Gasteiger partial charge is 0.137 e. The van der Waals surface area contributed by atoms with Crippen molar-refractivity contribution in [2.45, 2.75) is 6.10 Å². The number of hydrogen-bond acceptors (Lipinski definition) is 5. The molecule has 4 nitrogen and oxygen atoms in total. The minimum Gasteiger partial charge on any atom is -0.394 e. The molecule has 0 amide bonds. The van der Waals surface area contributed by atoms with Crippen molar-refractivity contribution in [2.24, 2.45) is 0 Å². The van der Waals surface area contributed by atoms with E-state index in [-0.39, 0.29) is 12.7 Å². The standard InChI is InChI=1S/C12H14N2O2S/c15-8-9-7-14(4-5-16-9)12-10-2-6-17-11(10)1-3-13-12/h1-3,6,9,15H,4-5,7-8H2. The van der Waals surface area contributed by atoms with Crippen molar-refractivity contribution in [1.82, 2.24) is 4.98 Å². The van der Waals surface area contributed by atoms with Gasteiger partial charge in [0.15, 0.2) is 0 Å². The zero-order chi connectivity index (χ0) is 11.7. The maximum absolute atomic E-state index is 9.16. The molecule has 2 aromatic rings. The van der Waals surface area contributed by atoms with Gasteiger partial charge < -0.3 is 14.7 Å². The van der Waals surface area contributed by atoms with Crippen molar-refractivity contribution in [1.29, 1.82) is 0 Å². The molecule has 17 heavy (non-hydrogen) atoms. The fourth-order valence-electron chi connectivity index (χ4n) is 2.15. The molecule has 0 spiro atoms. The van der Waals surface area contributed by atoms with Crippen LogP contribution in [0, 0.1) is 0 Å². The van der Waals surface area contributed by atoms with Gasteiger partial charge >= 0.3 is 0 Å². The molecule has 0 bridgehead atoms. The first-order chi connectivity index (χ1) is 8.38. The zero-order valence-electron chi connectivity index (χ0n) is 9.37. The van der Waals surface area contributed by atoms with E-state index in [4.69, 9.17) is 9.84 Å². The van der Waals surface area contributed by atoms with E-state index in [0.29, 0.717) is 13.2 Å². The van der Waals surface area contributed by atoms with Crippen molar-refractivity contribution < 1.29 is 9.84 Å². The first kappa shape index (κ1) is 11.0. The van der Waals surface area contributed by atoms with Gasteiger partial charge in [-0.25, -0.2) is 4.98 Å². The van der Waals surface area contributed by atoms with Crippen LogP contribution in [-0.2, 0) is 4.74 Å². The zero-order valence-corrected chi connectivity index (χ0v) is 10.2. The average Bonchev–Trinajstić information content (AvgIpc) is 2.87. The van der Waals surface area contributed by atoms with E-state index in [2.05, 4.69) is 21.3 Å². The van der Waals surface area contributed by atoms with E-state index in [9.17, 15) is 0 Å². The Hall–Kier alpha value is -1.17. The second-order valence-corrected chi connectivity index (χ2v) is 5.04. The quantitative estimate of drug-likeness (QED) is 0.877. The number of aliphatic hydroxyl groups excluding tert-OH is 1. The van der Waals surface area contributed by atoms with Crippen LogP contribution < -0.4 is 4.90 Å². The van der Waals surface area contributed by atoms with Crippen LogP contribution in [0.1, 0.15) is 0 Å². The SMILES string of the molecule is OCC1CN(c2nccc3sccc23)CCO1. The fraction of sp³-hybridized carbons (Fsp3) is 0.417. The van der Waals surface area contributed by atoms with Gasteiger partial charge in [-0.3, -0.25) is 0 Å². The molecule has 1 aliphatic heterocycles. The third-order valence-electron chi connectivity index (χ3n) is 3.00. The van der Waals surface area contributed by atoms with Gasteiger partial charge in [-0.15, -0.1) is 11.3 Å². The van der Waals surface area contributed by atoms with E-state index < -0.39 is 0 Å². The van der Waals surface area contributed by atoms with Crippen LogP contribution in [-0.4, -0.2) is 42.5 Å². The van der Waals surface area contributed by atoms with Gasteiger partial charge in [0.1, 0.15) is 5.82 Å². The first-order valence-electron chi connectivity index (χ1n) is 5.68. The Morgan fingerprint density at radius 3 is 3.35 bits per heavy atom. The number of aromatic nitrogens is 1. The van der Waals surface area contributed by atoms with Crippen molar-refractivity contribution in [3.05, 3.63) is 23.7 Å². The molecule has 5 heteroatoms. The van der Waals surface area contributed by atoms with Gasteiger partial charge in [0.25, 0.3) is 0 Å². The summed E-state index contributed by atoms with van der Waals surface area (Å²) in [6.07, 6.45) is 1.75. The Kier molecular flexibility index (Phi) is 2.96. The average molecular weight is 250 g/mol. The van der Waals surface area contributed by atoms with Crippen LogP contribution in [0.3, 0.4) is 0 Å². The van der Waals surface area contributed by atoms with E-state index in [0.717, 1.165) is 12.4 Å². The fourth-order valence-corrected chi connectivity index (χ4v) is 2.93. The summed E-state index contributed by atoms with van der Waals surface area (Å²) in [4.78, 5) is 6.66. The molecule has 1 unspecified atom stereocenters. The molecular weight excluding hydrogens is 236 g/mol. The molecule has 1 N–H and O–H groups in total. The third-order valence-corrected chi connectivity index (χ3v) is 3.88. The molecule has 1 atom stereocenters. The van der Waals surface area contributed by atoms with Crippen LogP contribution in [0.4, 0.5) is 5.82 Å². The summed E-state index contributed by atoms with van der Waals surface area (Å²) in [6, 6.07) is 4.14. The van der Waals surface area contributed by atoms with Crippen molar-refractivity contribution in [3.8, 4) is 0 Å². The van der Waals surface area contributed by atoms with Gasteiger partial charge in [0.05, 0.1) is 19.3 Å². The lowest BCUT2D eigenvalue weighted by Crippen LogP contribution is -2.44. The van der Waals surface area contributed by atoms with E-state index in [1.54, 1.807) is 11.3 Å². The molecular formula is C12H14N2O2S. The summed E-state index contributed by atoms with van der Waals surface area (Å²) >= 11 is 1.72. The summed E-state index contributed by atoms with van der Waals surface area (Å²) in [6.45, 7) is 2.25.